The maximum absolute atomic E-state index is 11.0. The number of allylic oxidation sites excluding steroid dienone is 2. The first-order valence-corrected chi connectivity index (χ1v) is 6.97. The van der Waals surface area contributed by atoms with Crippen LogP contribution in [-0.4, -0.2) is 10.2 Å². The van der Waals surface area contributed by atoms with Crippen molar-refractivity contribution in [1.29, 1.82) is 0 Å². The van der Waals surface area contributed by atoms with Crippen LogP contribution in [0.1, 0.15) is 9.49 Å². The first-order valence-electron chi connectivity index (χ1n) is 4.20. The molecule has 1 unspecified atom stereocenters. The van der Waals surface area contributed by atoms with Gasteiger partial charge < -0.3 is 0 Å². The Kier molecular flexibility index (Phi) is 2.78. The van der Waals surface area contributed by atoms with Crippen LogP contribution in [0.15, 0.2) is 42.5 Å². The van der Waals surface area contributed by atoms with E-state index in [1.807, 2.05) is 6.07 Å². The van der Waals surface area contributed by atoms with Gasteiger partial charge in [-0.3, -0.25) is 0 Å². The average molecular weight is 285 g/mol. The predicted molar refractivity (Wildman–Crippen MR) is 48.2 cm³/mol. The summed E-state index contributed by atoms with van der Waals surface area (Å²) in [5.74, 6) is 0.306. The van der Waals surface area contributed by atoms with Crippen molar-refractivity contribution in [1.82, 2.24) is 0 Å². The Morgan fingerprint density at radius 3 is 2.62 bits per heavy atom. The number of halogens is 1. The van der Waals surface area contributed by atoms with E-state index in [-0.39, 0.29) is 21.2 Å². The van der Waals surface area contributed by atoms with Crippen molar-refractivity contribution in [3.8, 4) is 0 Å². The normalized spacial score (nSPS) is 22.5. The number of alkyl halides is 2. The van der Waals surface area contributed by atoms with E-state index in [2.05, 4.69) is 30.3 Å². The van der Waals surface area contributed by atoms with Crippen LogP contribution in [0.2, 0.25) is 0 Å². The molecule has 0 fully saturated rings. The van der Waals surface area contributed by atoms with Crippen LogP contribution in [0.25, 0.3) is 0 Å². The first kappa shape index (κ1) is 8.94. The number of hydrogen-bond acceptors (Lipinski definition) is 1. The average Bonchev–Trinajstić information content (AvgIpc) is 2.20. The van der Waals surface area contributed by atoms with Gasteiger partial charge in [0.25, 0.3) is 0 Å². The summed E-state index contributed by atoms with van der Waals surface area (Å²) in [6.07, 6.45) is 3.80. The van der Waals surface area contributed by atoms with Crippen LogP contribution < -0.4 is 21.2 Å². The van der Waals surface area contributed by atoms with E-state index >= 15 is 0 Å². The van der Waals surface area contributed by atoms with Gasteiger partial charge in [0, 0.05) is 0 Å². The van der Waals surface area contributed by atoms with Crippen molar-refractivity contribution in [3.05, 3.63) is 48.0 Å². The number of carbonyl (C=O) groups excluding carboxylic acids is 1. The number of carbonyl (C=O) groups is 1. The third-order valence-corrected chi connectivity index (χ3v) is 5.22. The molecular formula is C11H10IO-. The molecule has 0 aromatic heterocycles. The molecule has 0 N–H and O–H groups in total. The van der Waals surface area contributed by atoms with Gasteiger partial charge in [0.15, 0.2) is 0 Å². The van der Waals surface area contributed by atoms with E-state index in [4.69, 9.17) is 0 Å². The topological polar surface area (TPSA) is 17.1 Å². The number of rotatable bonds is 1. The second-order valence-electron chi connectivity index (χ2n) is 2.93. The van der Waals surface area contributed by atoms with Crippen molar-refractivity contribution >= 4 is 5.78 Å². The van der Waals surface area contributed by atoms with Gasteiger partial charge in [0.05, 0.1) is 0 Å². The number of benzene rings is 1. The van der Waals surface area contributed by atoms with Crippen molar-refractivity contribution in [2.75, 3.05) is 4.43 Å². The SMILES string of the molecule is O=C1C=CC(c2ccccc2)[I-]C1. The van der Waals surface area contributed by atoms with Gasteiger partial charge >= 0.3 is 88.2 Å². The predicted octanol–water partition coefficient (Wildman–Crippen LogP) is -1.04. The van der Waals surface area contributed by atoms with Crippen molar-refractivity contribution in [2.45, 2.75) is 3.92 Å². The summed E-state index contributed by atoms with van der Waals surface area (Å²) in [4.78, 5) is 11.0. The zero-order valence-electron chi connectivity index (χ0n) is 7.11. The maximum atomic E-state index is 11.0. The second kappa shape index (κ2) is 4.05. The van der Waals surface area contributed by atoms with Gasteiger partial charge in [0.2, 0.25) is 0 Å². The molecule has 0 bridgehead atoms. The summed E-state index contributed by atoms with van der Waals surface area (Å²) in [6, 6.07) is 10.4. The fourth-order valence-corrected chi connectivity index (χ4v) is 3.87. The van der Waals surface area contributed by atoms with Gasteiger partial charge in [0.1, 0.15) is 0 Å². The molecule has 2 rings (SSSR count). The second-order valence-corrected chi connectivity index (χ2v) is 5.91. The van der Waals surface area contributed by atoms with Gasteiger partial charge in [-0.2, -0.15) is 0 Å². The molecule has 1 atom stereocenters. The molecule has 0 amide bonds. The fourth-order valence-electron chi connectivity index (χ4n) is 1.28. The van der Waals surface area contributed by atoms with E-state index in [0.717, 1.165) is 4.43 Å². The molecule has 0 saturated carbocycles. The third-order valence-electron chi connectivity index (χ3n) is 1.94. The molecule has 0 radical (unpaired) electrons. The van der Waals surface area contributed by atoms with Gasteiger partial charge in [-0.15, -0.1) is 0 Å². The Bertz CT molecular complexity index is 329. The summed E-state index contributed by atoms with van der Waals surface area (Å²) < 4.78 is 1.35. The molecule has 0 spiro atoms. The van der Waals surface area contributed by atoms with Crippen LogP contribution in [0.5, 0.6) is 0 Å². The Morgan fingerprint density at radius 1 is 1.23 bits per heavy atom. The molecule has 68 valence electrons. The van der Waals surface area contributed by atoms with E-state index < -0.39 is 0 Å². The Balaban J connectivity index is 2.20. The van der Waals surface area contributed by atoms with Crippen molar-refractivity contribution in [3.63, 3.8) is 0 Å². The monoisotopic (exact) mass is 285 g/mol. The van der Waals surface area contributed by atoms with Gasteiger partial charge in [-0.05, 0) is 0 Å². The Labute approximate surface area is 88.1 Å². The molecule has 0 aliphatic carbocycles. The van der Waals surface area contributed by atoms with E-state index in [9.17, 15) is 4.79 Å². The molecule has 1 aromatic carbocycles. The van der Waals surface area contributed by atoms with Crippen LogP contribution in [0, 0.1) is 0 Å². The molecule has 1 aliphatic rings. The van der Waals surface area contributed by atoms with Crippen LogP contribution in [-0.2, 0) is 4.79 Å². The van der Waals surface area contributed by atoms with Crippen molar-refractivity contribution in [2.24, 2.45) is 0 Å². The minimum absolute atomic E-state index is 0.00640. The summed E-state index contributed by atoms with van der Waals surface area (Å²) in [7, 11) is 0. The Morgan fingerprint density at radius 2 is 2.00 bits per heavy atom. The van der Waals surface area contributed by atoms with E-state index in [1.54, 1.807) is 6.08 Å². The first-order chi connectivity index (χ1) is 6.36. The number of hydrogen-bond donors (Lipinski definition) is 0. The van der Waals surface area contributed by atoms with Crippen LogP contribution in [0.4, 0.5) is 0 Å². The van der Waals surface area contributed by atoms with E-state index in [0.29, 0.717) is 9.71 Å². The summed E-state index contributed by atoms with van der Waals surface area (Å²) in [5, 5.41) is 0. The molecule has 13 heavy (non-hydrogen) atoms. The van der Waals surface area contributed by atoms with Gasteiger partial charge in [-0.1, -0.05) is 0 Å². The molecule has 1 nitrogen and oxygen atoms in total. The summed E-state index contributed by atoms with van der Waals surface area (Å²) in [6.45, 7) is 0. The summed E-state index contributed by atoms with van der Waals surface area (Å²) in [5.41, 5.74) is 1.36. The summed E-state index contributed by atoms with van der Waals surface area (Å²) >= 11 is -0.00640. The molecule has 0 saturated heterocycles. The minimum atomic E-state index is -0.00640. The molecule has 2 heteroatoms. The van der Waals surface area contributed by atoms with Gasteiger partial charge in [-0.25, -0.2) is 0 Å². The zero-order valence-corrected chi connectivity index (χ0v) is 9.27. The molecule has 1 heterocycles. The Hall–Kier alpha value is -0.640. The molecule has 1 aliphatic heterocycles. The van der Waals surface area contributed by atoms with Crippen molar-refractivity contribution < 1.29 is 26.0 Å². The number of ketones is 1. The third kappa shape index (κ3) is 2.18. The zero-order chi connectivity index (χ0) is 9.10. The van der Waals surface area contributed by atoms with E-state index in [1.165, 1.54) is 5.56 Å². The standard InChI is InChI=1S/C11H10IO/c13-10-6-7-11(12-8-10)9-4-2-1-3-5-9/h1-7,11H,8H2/q-1. The molecule has 1 aromatic rings. The van der Waals surface area contributed by atoms with Crippen LogP contribution >= 0.6 is 0 Å². The fraction of sp³-hybridized carbons (Fsp3) is 0.182. The van der Waals surface area contributed by atoms with Crippen LogP contribution in [0.3, 0.4) is 0 Å². The quantitative estimate of drug-likeness (QED) is 0.476. The molecular weight excluding hydrogens is 275 g/mol.